The van der Waals surface area contributed by atoms with Crippen LogP contribution in [0.5, 0.6) is 0 Å². The van der Waals surface area contributed by atoms with Crippen LogP contribution < -0.4 is 27.8 Å². The number of likely N-dealkylation sites (tertiary alicyclic amines) is 1. The molecule has 4 atom stereocenters. The first-order valence-corrected chi connectivity index (χ1v) is 11.9. The van der Waals surface area contributed by atoms with E-state index in [0.29, 0.717) is 51.6 Å². The number of carboxylic acids is 1. The van der Waals surface area contributed by atoms with Crippen molar-refractivity contribution in [1.29, 1.82) is 0 Å². The number of amides is 4. The Morgan fingerprint density at radius 3 is 2.29 bits per heavy atom. The lowest BCUT2D eigenvalue weighted by atomic mass is 10.0. The number of nitrogens with two attached hydrogens (primary N) is 3. The molecular formula is C22H40N6O6. The van der Waals surface area contributed by atoms with Crippen LogP contribution >= 0.6 is 0 Å². The van der Waals surface area contributed by atoms with E-state index in [4.69, 9.17) is 17.2 Å². The third kappa shape index (κ3) is 9.64. The van der Waals surface area contributed by atoms with Gasteiger partial charge in [-0.05, 0) is 57.4 Å². The summed E-state index contributed by atoms with van der Waals surface area (Å²) in [4.78, 5) is 62.6. The molecule has 0 radical (unpaired) electrons. The maximum Gasteiger partial charge on any atom is 0.326 e. The number of carbonyl (C=O) groups is 5. The minimum atomic E-state index is -1.30. The molecule has 12 heteroatoms. The zero-order chi connectivity index (χ0) is 25.8. The van der Waals surface area contributed by atoms with Gasteiger partial charge in [0.05, 0.1) is 6.04 Å². The normalized spacial score (nSPS) is 18.3. The second kappa shape index (κ2) is 14.5. The summed E-state index contributed by atoms with van der Waals surface area (Å²) in [6.07, 6.45) is 2.64. The van der Waals surface area contributed by atoms with Gasteiger partial charge in [-0.25, -0.2) is 4.79 Å². The maximum absolute atomic E-state index is 13.4. The van der Waals surface area contributed by atoms with Gasteiger partial charge in [0, 0.05) is 13.0 Å². The molecule has 1 fully saturated rings. The molecule has 0 saturated carbocycles. The van der Waals surface area contributed by atoms with Crippen LogP contribution in [0.2, 0.25) is 0 Å². The number of nitrogens with one attached hydrogen (secondary N) is 2. The summed E-state index contributed by atoms with van der Waals surface area (Å²) >= 11 is 0. The molecule has 0 aromatic rings. The van der Waals surface area contributed by atoms with Gasteiger partial charge < -0.3 is 37.8 Å². The molecule has 0 bridgehead atoms. The number of unbranched alkanes of at least 4 members (excludes halogenated alkanes) is 1. The Hall–Kier alpha value is -2.73. The molecular weight excluding hydrogens is 444 g/mol. The lowest BCUT2D eigenvalue weighted by Gasteiger charge is -2.30. The first kappa shape index (κ1) is 29.3. The van der Waals surface area contributed by atoms with Crippen molar-refractivity contribution >= 4 is 29.6 Å². The number of rotatable bonds is 15. The van der Waals surface area contributed by atoms with Gasteiger partial charge in [-0.2, -0.15) is 0 Å². The van der Waals surface area contributed by atoms with Crippen molar-refractivity contribution in [2.24, 2.45) is 23.1 Å². The summed E-state index contributed by atoms with van der Waals surface area (Å²) in [5.41, 5.74) is 16.6. The summed E-state index contributed by atoms with van der Waals surface area (Å²) in [5, 5.41) is 14.5. The number of hydrogen-bond acceptors (Lipinski definition) is 7. The minimum Gasteiger partial charge on any atom is -0.480 e. The largest absolute Gasteiger partial charge is 0.480 e. The zero-order valence-electron chi connectivity index (χ0n) is 20.1. The van der Waals surface area contributed by atoms with Gasteiger partial charge >= 0.3 is 5.97 Å². The van der Waals surface area contributed by atoms with Crippen molar-refractivity contribution in [2.75, 3.05) is 13.1 Å². The van der Waals surface area contributed by atoms with E-state index < -0.39 is 53.8 Å². The fraction of sp³-hybridized carbons (Fsp3) is 0.773. The molecule has 34 heavy (non-hydrogen) atoms. The van der Waals surface area contributed by atoms with Crippen LogP contribution in [0.4, 0.5) is 0 Å². The highest BCUT2D eigenvalue weighted by molar-refractivity contribution is 5.94. The topological polar surface area (TPSA) is 211 Å². The van der Waals surface area contributed by atoms with Crippen LogP contribution in [0.25, 0.3) is 0 Å². The van der Waals surface area contributed by atoms with Crippen molar-refractivity contribution in [1.82, 2.24) is 15.5 Å². The average molecular weight is 485 g/mol. The summed E-state index contributed by atoms with van der Waals surface area (Å²) in [7, 11) is 0. The fourth-order valence-corrected chi connectivity index (χ4v) is 3.96. The first-order valence-electron chi connectivity index (χ1n) is 11.9. The van der Waals surface area contributed by atoms with Gasteiger partial charge in [0.1, 0.15) is 18.1 Å². The van der Waals surface area contributed by atoms with Crippen molar-refractivity contribution in [3.63, 3.8) is 0 Å². The Balaban J connectivity index is 2.93. The predicted octanol–water partition coefficient (Wildman–Crippen LogP) is -1.20. The van der Waals surface area contributed by atoms with Crippen molar-refractivity contribution < 1.29 is 29.1 Å². The van der Waals surface area contributed by atoms with Gasteiger partial charge in [-0.3, -0.25) is 19.2 Å². The highest BCUT2D eigenvalue weighted by atomic mass is 16.4. The number of nitrogens with zero attached hydrogens (tertiary/aromatic N) is 1. The van der Waals surface area contributed by atoms with E-state index in [9.17, 15) is 29.1 Å². The van der Waals surface area contributed by atoms with Gasteiger partial charge in [0.15, 0.2) is 0 Å². The van der Waals surface area contributed by atoms with Crippen molar-refractivity contribution in [3.05, 3.63) is 0 Å². The smallest absolute Gasteiger partial charge is 0.326 e. The summed E-state index contributed by atoms with van der Waals surface area (Å²) < 4.78 is 0. The second-order valence-electron chi connectivity index (χ2n) is 9.18. The van der Waals surface area contributed by atoms with E-state index in [1.807, 2.05) is 13.8 Å². The lowest BCUT2D eigenvalue weighted by Crippen LogP contribution is -2.56. The quantitative estimate of drug-likeness (QED) is 0.155. The predicted molar refractivity (Wildman–Crippen MR) is 125 cm³/mol. The molecule has 1 heterocycles. The van der Waals surface area contributed by atoms with Crippen LogP contribution in [-0.2, 0) is 24.0 Å². The number of carbonyl (C=O) groups excluding carboxylic acids is 4. The molecule has 0 aliphatic carbocycles. The Bertz CT molecular complexity index is 731. The Kier molecular flexibility index (Phi) is 12.5. The minimum absolute atomic E-state index is 0.150. The standard InChI is InChI=1S/C22H40N6O6/c1-13(2)12-14(24)19(30)26-15(6-3-4-10-23)21(32)28-11-5-7-17(28)20(31)27-16(22(33)34)8-9-18(25)29/h13-17H,3-12,23-24H2,1-2H3,(H2,25,29)(H,26,30)(H,27,31)(H,33,34). The van der Waals surface area contributed by atoms with Gasteiger partial charge in [-0.15, -0.1) is 0 Å². The van der Waals surface area contributed by atoms with Crippen molar-refractivity contribution in [3.8, 4) is 0 Å². The monoisotopic (exact) mass is 484 g/mol. The van der Waals surface area contributed by atoms with Crippen LogP contribution in [-0.4, -0.2) is 76.9 Å². The second-order valence-corrected chi connectivity index (χ2v) is 9.18. The highest BCUT2D eigenvalue weighted by Crippen LogP contribution is 2.20. The van der Waals surface area contributed by atoms with Gasteiger partial charge in [0.25, 0.3) is 0 Å². The molecule has 0 aromatic heterocycles. The van der Waals surface area contributed by atoms with Crippen LogP contribution in [0.3, 0.4) is 0 Å². The third-order valence-corrected chi connectivity index (χ3v) is 5.76. The zero-order valence-corrected chi connectivity index (χ0v) is 20.1. The molecule has 1 aliphatic rings. The molecule has 194 valence electrons. The molecule has 12 nitrogen and oxygen atoms in total. The van der Waals surface area contributed by atoms with E-state index in [2.05, 4.69) is 10.6 Å². The number of carboxylic acid groups (broad SMARTS) is 1. The van der Waals surface area contributed by atoms with E-state index in [0.717, 1.165) is 0 Å². The molecule has 0 aromatic carbocycles. The molecule has 1 rings (SSSR count). The SMILES string of the molecule is CC(C)CC(N)C(=O)NC(CCCCN)C(=O)N1CCCC1C(=O)NC(CCC(N)=O)C(=O)O. The fourth-order valence-electron chi connectivity index (χ4n) is 3.96. The van der Waals surface area contributed by atoms with Crippen LogP contribution in [0.15, 0.2) is 0 Å². The van der Waals surface area contributed by atoms with Crippen molar-refractivity contribution in [2.45, 2.75) is 89.4 Å². The molecule has 0 spiro atoms. The number of aliphatic carboxylic acids is 1. The Morgan fingerprint density at radius 1 is 1.06 bits per heavy atom. The van der Waals surface area contributed by atoms with Crippen LogP contribution in [0, 0.1) is 5.92 Å². The summed E-state index contributed by atoms with van der Waals surface area (Å²) in [5.74, 6) is -3.23. The third-order valence-electron chi connectivity index (χ3n) is 5.76. The van der Waals surface area contributed by atoms with Gasteiger partial charge in [0.2, 0.25) is 23.6 Å². The number of hydrogen-bond donors (Lipinski definition) is 6. The van der Waals surface area contributed by atoms with E-state index >= 15 is 0 Å². The average Bonchev–Trinajstić information content (AvgIpc) is 3.24. The molecule has 4 amide bonds. The molecule has 4 unspecified atom stereocenters. The van der Waals surface area contributed by atoms with Gasteiger partial charge in [-0.1, -0.05) is 13.8 Å². The molecule has 1 saturated heterocycles. The molecule has 9 N–H and O–H groups in total. The Morgan fingerprint density at radius 2 is 1.74 bits per heavy atom. The van der Waals surface area contributed by atoms with E-state index in [-0.39, 0.29) is 18.8 Å². The maximum atomic E-state index is 13.4. The highest BCUT2D eigenvalue weighted by Gasteiger charge is 2.39. The van der Waals surface area contributed by atoms with E-state index in [1.165, 1.54) is 4.90 Å². The Labute approximate surface area is 200 Å². The molecule has 1 aliphatic heterocycles. The van der Waals surface area contributed by atoms with Crippen LogP contribution in [0.1, 0.15) is 65.2 Å². The summed E-state index contributed by atoms with van der Waals surface area (Å²) in [6, 6.07) is -3.80. The summed E-state index contributed by atoms with van der Waals surface area (Å²) in [6.45, 7) is 4.63. The lowest BCUT2D eigenvalue weighted by molar-refractivity contribution is -0.145. The number of primary amides is 1. The van der Waals surface area contributed by atoms with E-state index in [1.54, 1.807) is 0 Å². The first-order chi connectivity index (χ1) is 16.0.